The van der Waals surface area contributed by atoms with E-state index in [-0.39, 0.29) is 12.4 Å². The number of aromatic amines is 1. The van der Waals surface area contributed by atoms with Crippen molar-refractivity contribution < 1.29 is 14.3 Å². The van der Waals surface area contributed by atoms with Gasteiger partial charge in [0.25, 0.3) is 0 Å². The van der Waals surface area contributed by atoms with Crippen molar-refractivity contribution in [1.29, 1.82) is 0 Å². The number of aryl methyl sites for hydroxylation is 2. The number of carbonyl (C=O) groups excluding carboxylic acids is 1. The number of aromatic nitrogens is 4. The van der Waals surface area contributed by atoms with Crippen LogP contribution in [0.25, 0.3) is 22.2 Å². The van der Waals surface area contributed by atoms with E-state index in [1.54, 1.807) is 0 Å². The van der Waals surface area contributed by atoms with Gasteiger partial charge in [-0.1, -0.05) is 12.1 Å². The molecule has 2 aromatic heterocycles. The predicted molar refractivity (Wildman–Crippen MR) is 143 cm³/mol. The minimum Gasteiger partial charge on any atom is -0.491 e. The van der Waals surface area contributed by atoms with Gasteiger partial charge in [0, 0.05) is 23.4 Å². The van der Waals surface area contributed by atoms with E-state index in [9.17, 15) is 4.79 Å². The first-order valence-electron chi connectivity index (χ1n) is 12.4. The molecule has 1 N–H and O–H groups in total. The largest absolute Gasteiger partial charge is 0.491 e. The molecule has 0 spiro atoms. The van der Waals surface area contributed by atoms with E-state index in [4.69, 9.17) is 14.5 Å². The highest BCUT2D eigenvalue weighted by atomic mass is 16.5. The number of imidazole rings is 1. The molecule has 0 aliphatic carbocycles. The lowest BCUT2D eigenvalue weighted by atomic mass is 10.0. The van der Waals surface area contributed by atoms with Crippen molar-refractivity contribution >= 4 is 22.8 Å². The lowest BCUT2D eigenvalue weighted by Crippen LogP contribution is -2.29. The van der Waals surface area contributed by atoms with Crippen LogP contribution in [0, 0.1) is 13.8 Å². The standard InChI is InChI=1S/C28H32N6O3/c1-17-22(14-27(35)36-5)28(32-26(29-17)16-33(3)4)34-10-11-37-25-9-7-19(12-21(25)15-34)20-6-8-23-24(13-20)31-18(2)30-23/h6-9,12-13H,10-11,14-16H2,1-5H3,(H,30,31). The summed E-state index contributed by atoms with van der Waals surface area (Å²) in [6.45, 7) is 6.23. The normalized spacial score (nSPS) is 13.4. The zero-order chi connectivity index (χ0) is 26.1. The van der Waals surface area contributed by atoms with Crippen LogP contribution in [0.1, 0.15) is 28.5 Å². The predicted octanol–water partition coefficient (Wildman–Crippen LogP) is 3.81. The van der Waals surface area contributed by atoms with Gasteiger partial charge in [-0.25, -0.2) is 15.0 Å². The van der Waals surface area contributed by atoms with Gasteiger partial charge in [0.15, 0.2) is 0 Å². The lowest BCUT2D eigenvalue weighted by molar-refractivity contribution is -0.139. The average Bonchev–Trinajstić information content (AvgIpc) is 3.10. The fraction of sp³-hybridized carbons (Fsp3) is 0.357. The highest BCUT2D eigenvalue weighted by molar-refractivity contribution is 5.82. The highest BCUT2D eigenvalue weighted by Gasteiger charge is 2.24. The Morgan fingerprint density at radius 1 is 1.11 bits per heavy atom. The number of benzene rings is 2. The summed E-state index contributed by atoms with van der Waals surface area (Å²) in [6, 6.07) is 12.6. The van der Waals surface area contributed by atoms with Crippen LogP contribution < -0.4 is 9.64 Å². The molecule has 0 amide bonds. The third kappa shape index (κ3) is 5.27. The molecule has 9 nitrogen and oxygen atoms in total. The molecule has 0 saturated carbocycles. The number of H-pyrrole nitrogens is 1. The number of nitrogens with zero attached hydrogens (tertiary/aromatic N) is 5. The van der Waals surface area contributed by atoms with Gasteiger partial charge in [-0.3, -0.25) is 4.79 Å². The zero-order valence-electron chi connectivity index (χ0n) is 22.0. The first kappa shape index (κ1) is 24.7. The van der Waals surface area contributed by atoms with Gasteiger partial charge in [0.1, 0.15) is 29.8 Å². The second kappa shape index (κ2) is 10.2. The van der Waals surface area contributed by atoms with Crippen molar-refractivity contribution in [3.05, 3.63) is 64.9 Å². The van der Waals surface area contributed by atoms with Crippen LogP contribution in [0.3, 0.4) is 0 Å². The minimum absolute atomic E-state index is 0.119. The molecular weight excluding hydrogens is 468 g/mol. The Morgan fingerprint density at radius 3 is 2.68 bits per heavy atom. The topological polar surface area (TPSA) is 96.5 Å². The number of hydrogen-bond acceptors (Lipinski definition) is 8. The van der Waals surface area contributed by atoms with Gasteiger partial charge >= 0.3 is 5.97 Å². The second-order valence-electron chi connectivity index (χ2n) is 9.66. The molecule has 0 fully saturated rings. The van der Waals surface area contributed by atoms with Crippen molar-refractivity contribution in [3.63, 3.8) is 0 Å². The molecule has 0 bridgehead atoms. The maximum Gasteiger partial charge on any atom is 0.310 e. The highest BCUT2D eigenvalue weighted by Crippen LogP contribution is 2.33. The van der Waals surface area contributed by atoms with E-state index in [1.165, 1.54) is 7.11 Å². The molecule has 37 heavy (non-hydrogen) atoms. The van der Waals surface area contributed by atoms with Crippen molar-refractivity contribution in [3.8, 4) is 16.9 Å². The number of carbonyl (C=O) groups is 1. The molecule has 9 heteroatoms. The number of ether oxygens (including phenoxy) is 2. The second-order valence-corrected chi connectivity index (χ2v) is 9.66. The Balaban J connectivity index is 1.53. The average molecular weight is 501 g/mol. The molecule has 0 atom stereocenters. The van der Waals surface area contributed by atoms with Crippen molar-refractivity contribution in [1.82, 2.24) is 24.8 Å². The number of hydrogen-bond donors (Lipinski definition) is 1. The van der Waals surface area contributed by atoms with Crippen LogP contribution in [-0.2, 0) is 29.0 Å². The van der Waals surface area contributed by atoms with Crippen molar-refractivity contribution in [2.45, 2.75) is 33.4 Å². The summed E-state index contributed by atoms with van der Waals surface area (Å²) in [5.41, 5.74) is 6.80. The fourth-order valence-electron chi connectivity index (χ4n) is 4.75. The van der Waals surface area contributed by atoms with Gasteiger partial charge in [0.2, 0.25) is 0 Å². The third-order valence-corrected chi connectivity index (χ3v) is 6.52. The summed E-state index contributed by atoms with van der Waals surface area (Å²) in [5, 5.41) is 0. The SMILES string of the molecule is COC(=O)Cc1c(C)nc(CN(C)C)nc1N1CCOc2ccc(-c3ccc4nc(C)[nH]c4c3)cc2C1. The van der Waals surface area contributed by atoms with E-state index in [2.05, 4.69) is 44.1 Å². The fourth-order valence-corrected chi connectivity index (χ4v) is 4.75. The lowest BCUT2D eigenvalue weighted by Gasteiger charge is -2.25. The summed E-state index contributed by atoms with van der Waals surface area (Å²) in [6.07, 6.45) is 0.119. The summed E-state index contributed by atoms with van der Waals surface area (Å²) < 4.78 is 11.1. The summed E-state index contributed by atoms with van der Waals surface area (Å²) in [4.78, 5) is 33.9. The van der Waals surface area contributed by atoms with Crippen LogP contribution in [0.15, 0.2) is 36.4 Å². The van der Waals surface area contributed by atoms with Gasteiger partial charge in [-0.2, -0.15) is 0 Å². The Hall–Kier alpha value is -3.98. The van der Waals surface area contributed by atoms with Crippen LogP contribution in [0.2, 0.25) is 0 Å². The van der Waals surface area contributed by atoms with E-state index >= 15 is 0 Å². The van der Waals surface area contributed by atoms with Crippen LogP contribution in [0.5, 0.6) is 5.75 Å². The molecule has 1 aliphatic rings. The first-order chi connectivity index (χ1) is 17.8. The molecule has 0 saturated heterocycles. The molecular formula is C28H32N6O3. The van der Waals surface area contributed by atoms with Gasteiger partial charge < -0.3 is 24.3 Å². The number of rotatable bonds is 6. The third-order valence-electron chi connectivity index (χ3n) is 6.52. The molecule has 0 unspecified atom stereocenters. The molecule has 2 aromatic carbocycles. The molecule has 0 radical (unpaired) electrons. The van der Waals surface area contributed by atoms with Crippen LogP contribution >= 0.6 is 0 Å². The number of methoxy groups -OCH3 is 1. The molecule has 5 rings (SSSR count). The molecule has 4 aromatic rings. The molecule has 3 heterocycles. The Bertz CT molecular complexity index is 1460. The zero-order valence-corrected chi connectivity index (χ0v) is 22.0. The summed E-state index contributed by atoms with van der Waals surface area (Å²) in [5.74, 6) is 2.92. The number of fused-ring (bicyclic) bond motifs is 2. The van der Waals surface area contributed by atoms with Crippen LogP contribution in [-0.4, -0.2) is 65.2 Å². The van der Waals surface area contributed by atoms with E-state index in [0.717, 1.165) is 56.4 Å². The number of esters is 1. The van der Waals surface area contributed by atoms with Crippen molar-refractivity contribution in [2.75, 3.05) is 39.3 Å². The molecule has 1 aliphatic heterocycles. The monoisotopic (exact) mass is 500 g/mol. The number of nitrogens with one attached hydrogen (secondary N) is 1. The Kier molecular flexibility index (Phi) is 6.80. The minimum atomic E-state index is -0.313. The van der Waals surface area contributed by atoms with Gasteiger partial charge in [-0.05, 0) is 63.3 Å². The first-order valence-corrected chi connectivity index (χ1v) is 12.4. The quantitative estimate of drug-likeness (QED) is 0.399. The van der Waals surface area contributed by atoms with Crippen molar-refractivity contribution in [2.24, 2.45) is 0 Å². The maximum atomic E-state index is 12.3. The van der Waals surface area contributed by atoms with Crippen LogP contribution in [0.4, 0.5) is 5.82 Å². The smallest absolute Gasteiger partial charge is 0.310 e. The summed E-state index contributed by atoms with van der Waals surface area (Å²) >= 11 is 0. The van der Waals surface area contributed by atoms with E-state index < -0.39 is 0 Å². The maximum absolute atomic E-state index is 12.3. The Labute approximate surface area is 216 Å². The summed E-state index contributed by atoms with van der Waals surface area (Å²) in [7, 11) is 5.37. The Morgan fingerprint density at radius 2 is 1.89 bits per heavy atom. The number of anilines is 1. The van der Waals surface area contributed by atoms with E-state index in [1.807, 2.05) is 45.0 Å². The molecule has 192 valence electrons. The van der Waals surface area contributed by atoms with E-state index in [0.29, 0.717) is 32.1 Å². The van der Waals surface area contributed by atoms with Gasteiger partial charge in [0.05, 0.1) is 37.7 Å². The van der Waals surface area contributed by atoms with Gasteiger partial charge in [-0.15, -0.1) is 0 Å².